The lowest BCUT2D eigenvalue weighted by Crippen LogP contribution is -2.09. The van der Waals surface area contributed by atoms with Crippen LogP contribution in [0.3, 0.4) is 0 Å². The summed E-state index contributed by atoms with van der Waals surface area (Å²) in [5, 5.41) is 12.3. The van der Waals surface area contributed by atoms with Crippen LogP contribution >= 0.6 is 0 Å². The molecule has 0 unspecified atom stereocenters. The maximum absolute atomic E-state index is 6.50. The number of benzene rings is 11. The van der Waals surface area contributed by atoms with Crippen molar-refractivity contribution in [2.24, 2.45) is 0 Å². The molecule has 0 atom stereocenters. The molecule has 60 heavy (non-hydrogen) atoms. The highest BCUT2D eigenvalue weighted by molar-refractivity contribution is 6.12. The number of nitrogens with zero attached hydrogens (tertiary/aromatic N) is 1. The van der Waals surface area contributed by atoms with Crippen LogP contribution in [0.2, 0.25) is 0 Å². The minimum absolute atomic E-state index is 0.893. The van der Waals surface area contributed by atoms with E-state index in [1.54, 1.807) is 0 Å². The van der Waals surface area contributed by atoms with E-state index in [1.807, 2.05) is 6.07 Å². The van der Waals surface area contributed by atoms with Crippen molar-refractivity contribution in [3.63, 3.8) is 0 Å². The van der Waals surface area contributed by atoms with Gasteiger partial charge in [0.1, 0.15) is 11.2 Å². The fourth-order valence-electron chi connectivity index (χ4n) is 9.20. The van der Waals surface area contributed by atoms with Crippen molar-refractivity contribution in [3.05, 3.63) is 224 Å². The molecule has 11 aromatic carbocycles. The minimum atomic E-state index is 0.893. The first-order chi connectivity index (χ1) is 29.7. The third-order valence-electron chi connectivity index (χ3n) is 12.2. The van der Waals surface area contributed by atoms with Crippen molar-refractivity contribution in [2.45, 2.75) is 0 Å². The van der Waals surface area contributed by atoms with Crippen LogP contribution < -0.4 is 4.90 Å². The molecule has 0 spiro atoms. The standard InChI is InChI=1S/C58H37NO/c1-2-9-40(10-3-1)53-15-8-16-54-56-36-45(27-34-57(56)60-58(53)54)39-23-30-48(31-24-39)59(49-32-25-43-18-17-42-12-5-7-14-51(42)55(43)37-49)47-28-21-38(22-29-47)44-26-33-52-46(35-44)20-19-41-11-4-6-13-50(41)52/h1-37H. The molecule has 0 bridgehead atoms. The monoisotopic (exact) mass is 763 g/mol. The van der Waals surface area contributed by atoms with Crippen LogP contribution in [0.5, 0.6) is 0 Å². The summed E-state index contributed by atoms with van der Waals surface area (Å²) in [6.45, 7) is 0. The molecule has 12 rings (SSSR count). The molecule has 2 nitrogen and oxygen atoms in total. The zero-order valence-electron chi connectivity index (χ0n) is 32.7. The SMILES string of the molecule is c1ccc(-c2cccc3c2oc2ccc(-c4ccc(N(c5ccc(-c6ccc7c(ccc8ccccc87)c6)cc5)c5ccc6ccc7ccccc7c6c5)cc4)cc23)cc1. The summed E-state index contributed by atoms with van der Waals surface area (Å²) in [6, 6.07) is 81.3. The quantitative estimate of drug-likeness (QED) is 0.157. The van der Waals surface area contributed by atoms with Crippen LogP contribution in [-0.4, -0.2) is 0 Å². The van der Waals surface area contributed by atoms with Gasteiger partial charge in [0.2, 0.25) is 0 Å². The van der Waals surface area contributed by atoms with E-state index in [4.69, 9.17) is 4.42 Å². The predicted molar refractivity (Wildman–Crippen MR) is 255 cm³/mol. The van der Waals surface area contributed by atoms with Crippen molar-refractivity contribution in [1.82, 2.24) is 0 Å². The fourth-order valence-corrected chi connectivity index (χ4v) is 9.20. The van der Waals surface area contributed by atoms with Crippen molar-refractivity contribution in [3.8, 4) is 33.4 Å². The van der Waals surface area contributed by atoms with Gasteiger partial charge in [-0.1, -0.05) is 170 Å². The number of anilines is 3. The Bertz CT molecular complexity index is 3580. The molecule has 1 aromatic heterocycles. The second-order valence-electron chi connectivity index (χ2n) is 15.7. The normalized spacial score (nSPS) is 11.7. The van der Waals surface area contributed by atoms with Gasteiger partial charge in [0.25, 0.3) is 0 Å². The van der Waals surface area contributed by atoms with Gasteiger partial charge in [-0.3, -0.25) is 0 Å². The summed E-state index contributed by atoms with van der Waals surface area (Å²) in [7, 11) is 0. The molecule has 0 aliphatic heterocycles. The summed E-state index contributed by atoms with van der Waals surface area (Å²) in [6.07, 6.45) is 0. The summed E-state index contributed by atoms with van der Waals surface area (Å²) in [5.41, 5.74) is 12.1. The first-order valence-corrected chi connectivity index (χ1v) is 20.6. The molecular weight excluding hydrogens is 727 g/mol. The lowest BCUT2D eigenvalue weighted by Gasteiger charge is -2.26. The lowest BCUT2D eigenvalue weighted by atomic mass is 9.97. The Balaban J connectivity index is 0.941. The average molecular weight is 764 g/mol. The van der Waals surface area contributed by atoms with Gasteiger partial charge >= 0.3 is 0 Å². The van der Waals surface area contributed by atoms with E-state index in [0.717, 1.165) is 61.3 Å². The second-order valence-corrected chi connectivity index (χ2v) is 15.7. The van der Waals surface area contributed by atoms with Gasteiger partial charge in [0, 0.05) is 33.4 Å². The number of hydrogen-bond donors (Lipinski definition) is 0. The first kappa shape index (κ1) is 34.1. The topological polar surface area (TPSA) is 16.4 Å². The highest BCUT2D eigenvalue weighted by Gasteiger charge is 2.17. The summed E-state index contributed by atoms with van der Waals surface area (Å²) in [4.78, 5) is 2.37. The van der Waals surface area contributed by atoms with Crippen molar-refractivity contribution in [1.29, 1.82) is 0 Å². The van der Waals surface area contributed by atoms with Crippen LogP contribution in [0.1, 0.15) is 0 Å². The van der Waals surface area contributed by atoms with Crippen LogP contribution in [0.4, 0.5) is 17.1 Å². The van der Waals surface area contributed by atoms with Gasteiger partial charge in [0.05, 0.1) is 0 Å². The molecule has 0 aliphatic carbocycles. The van der Waals surface area contributed by atoms with Gasteiger partial charge in [-0.15, -0.1) is 0 Å². The maximum Gasteiger partial charge on any atom is 0.143 e. The van der Waals surface area contributed by atoms with E-state index in [2.05, 4.69) is 223 Å². The largest absolute Gasteiger partial charge is 0.455 e. The van der Waals surface area contributed by atoms with Gasteiger partial charge in [-0.25, -0.2) is 0 Å². The van der Waals surface area contributed by atoms with E-state index in [9.17, 15) is 0 Å². The van der Waals surface area contributed by atoms with Crippen molar-refractivity contribution in [2.75, 3.05) is 4.90 Å². The third kappa shape index (κ3) is 5.73. The van der Waals surface area contributed by atoms with E-state index < -0.39 is 0 Å². The molecule has 0 saturated heterocycles. The first-order valence-electron chi connectivity index (χ1n) is 20.6. The minimum Gasteiger partial charge on any atom is -0.455 e. The molecule has 0 fully saturated rings. The van der Waals surface area contributed by atoms with Crippen LogP contribution in [-0.2, 0) is 0 Å². The van der Waals surface area contributed by atoms with E-state index in [0.29, 0.717) is 0 Å². The number of hydrogen-bond acceptors (Lipinski definition) is 2. The Labute approximate surface area is 347 Å². The number of rotatable bonds is 6. The zero-order valence-corrected chi connectivity index (χ0v) is 32.7. The van der Waals surface area contributed by atoms with Gasteiger partial charge in [-0.2, -0.15) is 0 Å². The number of para-hydroxylation sites is 1. The van der Waals surface area contributed by atoms with Crippen molar-refractivity contribution < 1.29 is 4.42 Å². The highest BCUT2D eigenvalue weighted by atomic mass is 16.3. The van der Waals surface area contributed by atoms with Gasteiger partial charge in [0.15, 0.2) is 0 Å². The third-order valence-corrected chi connectivity index (χ3v) is 12.2. The molecule has 0 aliphatic rings. The Hall–Kier alpha value is -7.94. The smallest absolute Gasteiger partial charge is 0.143 e. The Morgan fingerprint density at radius 1 is 0.267 bits per heavy atom. The van der Waals surface area contributed by atoms with E-state index in [1.165, 1.54) is 54.2 Å². The molecule has 0 amide bonds. The Morgan fingerprint density at radius 2 is 0.783 bits per heavy atom. The molecule has 0 radical (unpaired) electrons. The Kier molecular flexibility index (Phi) is 7.89. The molecule has 1 heterocycles. The number of furan rings is 1. The van der Waals surface area contributed by atoms with Crippen LogP contribution in [0, 0.1) is 0 Å². The molecule has 280 valence electrons. The summed E-state index contributed by atoms with van der Waals surface area (Å²) < 4.78 is 6.50. The summed E-state index contributed by atoms with van der Waals surface area (Å²) in [5.74, 6) is 0. The van der Waals surface area contributed by atoms with Crippen LogP contribution in [0.15, 0.2) is 229 Å². The van der Waals surface area contributed by atoms with Gasteiger partial charge < -0.3 is 9.32 Å². The zero-order chi connectivity index (χ0) is 39.6. The molecular formula is C58H37NO. The molecule has 2 heteroatoms. The molecule has 12 aromatic rings. The number of fused-ring (bicyclic) bond motifs is 9. The van der Waals surface area contributed by atoms with Gasteiger partial charge in [-0.05, 0) is 126 Å². The second kappa shape index (κ2) is 13.9. The van der Waals surface area contributed by atoms with E-state index >= 15 is 0 Å². The van der Waals surface area contributed by atoms with E-state index in [-0.39, 0.29) is 0 Å². The average Bonchev–Trinajstić information content (AvgIpc) is 3.70. The molecule has 0 saturated carbocycles. The molecule has 0 N–H and O–H groups in total. The van der Waals surface area contributed by atoms with Crippen LogP contribution in [0.25, 0.3) is 98.4 Å². The highest BCUT2D eigenvalue weighted by Crippen LogP contribution is 2.41. The maximum atomic E-state index is 6.50. The van der Waals surface area contributed by atoms with Crippen molar-refractivity contribution >= 4 is 82.1 Å². The predicted octanol–water partition coefficient (Wildman–Crippen LogP) is 16.7. The summed E-state index contributed by atoms with van der Waals surface area (Å²) >= 11 is 0. The fraction of sp³-hybridized carbons (Fsp3) is 0. The lowest BCUT2D eigenvalue weighted by molar-refractivity contribution is 0.670. The Morgan fingerprint density at radius 3 is 1.50 bits per heavy atom.